The van der Waals surface area contributed by atoms with Gasteiger partial charge in [0, 0.05) is 6.04 Å². The van der Waals surface area contributed by atoms with Crippen molar-refractivity contribution in [2.45, 2.75) is 31.7 Å². The maximum absolute atomic E-state index is 4.34. The molecule has 2 aliphatic rings. The summed E-state index contributed by atoms with van der Waals surface area (Å²) in [4.78, 5) is 4.34. The molecule has 1 aromatic rings. The Morgan fingerprint density at radius 1 is 1.36 bits per heavy atom. The third kappa shape index (κ3) is 1.96. The summed E-state index contributed by atoms with van der Waals surface area (Å²) in [6.45, 7) is 0. The van der Waals surface area contributed by atoms with Crippen LogP contribution in [0.2, 0.25) is 0 Å². The zero-order chi connectivity index (χ0) is 9.54. The molecule has 0 bridgehead atoms. The van der Waals surface area contributed by atoms with Gasteiger partial charge in [-0.2, -0.15) is 0 Å². The predicted molar refractivity (Wildman–Crippen MR) is 62.7 cm³/mol. The second-order valence-electron chi connectivity index (χ2n) is 4.31. The van der Waals surface area contributed by atoms with E-state index in [4.69, 9.17) is 0 Å². The van der Waals surface area contributed by atoms with Gasteiger partial charge < -0.3 is 5.32 Å². The zero-order valence-corrected chi connectivity index (χ0v) is 10.3. The lowest BCUT2D eigenvalue weighted by Crippen LogP contribution is -2.23. The lowest BCUT2D eigenvalue weighted by Gasteiger charge is -2.16. The molecule has 4 heteroatoms. The fourth-order valence-electron chi connectivity index (χ4n) is 2.00. The van der Waals surface area contributed by atoms with Crippen molar-refractivity contribution in [3.8, 4) is 0 Å². The van der Waals surface area contributed by atoms with E-state index in [9.17, 15) is 0 Å². The van der Waals surface area contributed by atoms with Crippen LogP contribution < -0.4 is 5.32 Å². The molecule has 0 atom stereocenters. The third-order valence-corrected chi connectivity index (χ3v) is 4.43. The van der Waals surface area contributed by atoms with Gasteiger partial charge in [0.05, 0.1) is 9.98 Å². The molecule has 2 aliphatic carbocycles. The van der Waals surface area contributed by atoms with Gasteiger partial charge in [0.1, 0.15) is 0 Å². The first-order chi connectivity index (χ1) is 6.83. The zero-order valence-electron chi connectivity index (χ0n) is 7.87. The minimum Gasteiger partial charge on any atom is -0.358 e. The van der Waals surface area contributed by atoms with Crippen LogP contribution in [-0.4, -0.2) is 11.0 Å². The molecule has 0 aromatic carbocycles. The summed E-state index contributed by atoms with van der Waals surface area (Å²) < 4.78 is 1.12. The Hall–Kier alpha value is -0.0900. The van der Waals surface area contributed by atoms with Gasteiger partial charge in [-0.05, 0) is 53.4 Å². The van der Waals surface area contributed by atoms with E-state index >= 15 is 0 Å². The molecule has 0 radical (unpaired) electrons. The van der Waals surface area contributed by atoms with Crippen LogP contribution in [0, 0.1) is 11.8 Å². The Bertz CT molecular complexity index is 319. The van der Waals surface area contributed by atoms with E-state index < -0.39 is 0 Å². The Morgan fingerprint density at radius 2 is 2.00 bits per heavy atom. The van der Waals surface area contributed by atoms with Gasteiger partial charge in [-0.3, -0.25) is 0 Å². The molecule has 2 saturated carbocycles. The minimum atomic E-state index is 0.716. The maximum Gasteiger partial charge on any atom is 0.183 e. The second kappa shape index (κ2) is 3.49. The van der Waals surface area contributed by atoms with E-state index in [1.807, 2.05) is 6.20 Å². The fourth-order valence-corrected chi connectivity index (χ4v) is 3.15. The number of hydrogen-bond donors (Lipinski definition) is 1. The molecule has 0 spiro atoms. The van der Waals surface area contributed by atoms with Gasteiger partial charge in [0.15, 0.2) is 5.13 Å². The quantitative estimate of drug-likeness (QED) is 0.908. The van der Waals surface area contributed by atoms with E-state index in [0.717, 1.165) is 20.8 Å². The molecule has 2 fully saturated rings. The molecule has 0 aliphatic heterocycles. The Labute approximate surface area is 96.3 Å². The summed E-state index contributed by atoms with van der Waals surface area (Å²) in [5.74, 6) is 1.87. The summed E-state index contributed by atoms with van der Waals surface area (Å²) in [7, 11) is 0. The molecule has 3 rings (SSSR count). The summed E-state index contributed by atoms with van der Waals surface area (Å²) in [6.07, 6.45) is 7.55. The Balaban J connectivity index is 1.68. The molecule has 1 aromatic heterocycles. The first kappa shape index (κ1) is 9.16. The van der Waals surface area contributed by atoms with Crippen LogP contribution in [0.1, 0.15) is 25.7 Å². The molecule has 1 N–H and O–H groups in total. The number of hydrogen-bond acceptors (Lipinski definition) is 3. The van der Waals surface area contributed by atoms with Crippen molar-refractivity contribution >= 4 is 32.4 Å². The van der Waals surface area contributed by atoms with E-state index in [0.29, 0.717) is 6.04 Å². The molecular formula is C10H13BrN2S. The van der Waals surface area contributed by atoms with E-state index in [1.54, 1.807) is 11.3 Å². The van der Waals surface area contributed by atoms with Crippen LogP contribution in [0.5, 0.6) is 0 Å². The standard InChI is InChI=1S/C10H13BrN2S/c11-8-5-12-10(14-8)13-9(6-1-2-6)7-3-4-7/h5-7,9H,1-4H2,(H,12,13). The fraction of sp³-hybridized carbons (Fsp3) is 0.700. The molecule has 2 nitrogen and oxygen atoms in total. The summed E-state index contributed by atoms with van der Waals surface area (Å²) >= 11 is 5.14. The molecular weight excluding hydrogens is 260 g/mol. The number of halogens is 1. The Morgan fingerprint density at radius 3 is 2.43 bits per heavy atom. The van der Waals surface area contributed by atoms with Crippen molar-refractivity contribution in [3.05, 3.63) is 9.98 Å². The van der Waals surface area contributed by atoms with Gasteiger partial charge in [-0.15, -0.1) is 0 Å². The highest BCUT2D eigenvalue weighted by Gasteiger charge is 2.41. The van der Waals surface area contributed by atoms with Crippen molar-refractivity contribution in [3.63, 3.8) is 0 Å². The maximum atomic E-state index is 4.34. The first-order valence-electron chi connectivity index (χ1n) is 5.21. The van der Waals surface area contributed by atoms with Gasteiger partial charge in [-0.25, -0.2) is 4.98 Å². The summed E-state index contributed by atoms with van der Waals surface area (Å²) in [5, 5.41) is 4.69. The molecule has 76 valence electrons. The normalized spacial score (nSPS) is 21.6. The van der Waals surface area contributed by atoms with E-state index in [-0.39, 0.29) is 0 Å². The van der Waals surface area contributed by atoms with Crippen molar-refractivity contribution < 1.29 is 0 Å². The third-order valence-electron chi connectivity index (χ3n) is 3.03. The molecule has 0 amide bonds. The highest BCUT2D eigenvalue weighted by Crippen LogP contribution is 2.46. The first-order valence-corrected chi connectivity index (χ1v) is 6.82. The van der Waals surface area contributed by atoms with Crippen LogP contribution in [0.25, 0.3) is 0 Å². The number of aromatic nitrogens is 1. The molecule has 0 saturated heterocycles. The topological polar surface area (TPSA) is 24.9 Å². The number of rotatable bonds is 4. The Kier molecular flexibility index (Phi) is 2.28. The van der Waals surface area contributed by atoms with Crippen LogP contribution in [0.15, 0.2) is 9.98 Å². The summed E-state index contributed by atoms with van der Waals surface area (Å²) in [6, 6.07) is 0.716. The number of thiazole rings is 1. The minimum absolute atomic E-state index is 0.716. The highest BCUT2D eigenvalue weighted by molar-refractivity contribution is 9.11. The van der Waals surface area contributed by atoms with E-state index in [1.165, 1.54) is 25.7 Å². The highest BCUT2D eigenvalue weighted by atomic mass is 79.9. The molecule has 0 unspecified atom stereocenters. The second-order valence-corrected chi connectivity index (χ2v) is 6.72. The lowest BCUT2D eigenvalue weighted by molar-refractivity contribution is 0.567. The van der Waals surface area contributed by atoms with Gasteiger partial charge in [-0.1, -0.05) is 11.3 Å². The van der Waals surface area contributed by atoms with Crippen molar-refractivity contribution in [1.82, 2.24) is 4.98 Å². The van der Waals surface area contributed by atoms with Gasteiger partial charge in [0.2, 0.25) is 0 Å². The number of nitrogens with one attached hydrogen (secondary N) is 1. The average Bonchev–Trinajstić information content (AvgIpc) is 3.04. The smallest absolute Gasteiger partial charge is 0.183 e. The van der Waals surface area contributed by atoms with Crippen LogP contribution in [-0.2, 0) is 0 Å². The molecule has 1 heterocycles. The average molecular weight is 273 g/mol. The van der Waals surface area contributed by atoms with Crippen molar-refractivity contribution in [2.24, 2.45) is 11.8 Å². The van der Waals surface area contributed by atoms with Crippen LogP contribution in [0.3, 0.4) is 0 Å². The SMILES string of the molecule is Brc1cnc(NC(C2CC2)C2CC2)s1. The van der Waals surface area contributed by atoms with Gasteiger partial charge >= 0.3 is 0 Å². The van der Waals surface area contributed by atoms with Crippen LogP contribution >= 0.6 is 27.3 Å². The van der Waals surface area contributed by atoms with Crippen molar-refractivity contribution in [1.29, 1.82) is 0 Å². The lowest BCUT2D eigenvalue weighted by atomic mass is 10.1. The van der Waals surface area contributed by atoms with Crippen LogP contribution in [0.4, 0.5) is 5.13 Å². The summed E-state index contributed by atoms with van der Waals surface area (Å²) in [5.41, 5.74) is 0. The largest absolute Gasteiger partial charge is 0.358 e. The molecule has 14 heavy (non-hydrogen) atoms. The number of nitrogens with zero attached hydrogens (tertiary/aromatic N) is 1. The predicted octanol–water partition coefficient (Wildman–Crippen LogP) is 3.51. The monoisotopic (exact) mass is 272 g/mol. The van der Waals surface area contributed by atoms with Crippen molar-refractivity contribution in [2.75, 3.05) is 5.32 Å². The van der Waals surface area contributed by atoms with Gasteiger partial charge in [0.25, 0.3) is 0 Å². The van der Waals surface area contributed by atoms with E-state index in [2.05, 4.69) is 26.2 Å². The number of anilines is 1.